The molecule has 0 aliphatic carbocycles. The molecule has 8 heteroatoms. The minimum Gasteiger partial charge on any atom is -0.216 e. The molecule has 0 saturated heterocycles. The molecule has 0 atom stereocenters. The molecule has 1 aromatic carbocycles. The Labute approximate surface area is 97.1 Å². The van der Waals surface area contributed by atoms with Gasteiger partial charge in [0.1, 0.15) is 0 Å². The van der Waals surface area contributed by atoms with Crippen LogP contribution < -0.4 is 0 Å². The van der Waals surface area contributed by atoms with Gasteiger partial charge in [0, 0.05) is 18.4 Å². The third-order valence-electron chi connectivity index (χ3n) is 1.32. The van der Waals surface area contributed by atoms with E-state index >= 15 is 0 Å². The third-order valence-corrected chi connectivity index (χ3v) is 3.93. The molecule has 74 valence electrons. The van der Waals surface area contributed by atoms with Gasteiger partial charge in [-0.2, -0.15) is 0 Å². The number of nitrogens with zero attached hydrogens (tertiary/aromatic N) is 3. The first-order valence-electron chi connectivity index (χ1n) is 3.24. The van der Waals surface area contributed by atoms with Crippen LogP contribution in [0.25, 0.3) is 10.4 Å². The molecule has 5 nitrogen and oxygen atoms in total. The van der Waals surface area contributed by atoms with Gasteiger partial charge in [0.2, 0.25) is 0 Å². The molecule has 0 bridgehead atoms. The van der Waals surface area contributed by atoms with Crippen molar-refractivity contribution in [2.45, 2.75) is 4.90 Å². The Morgan fingerprint density at radius 1 is 1.36 bits per heavy atom. The zero-order valence-electron chi connectivity index (χ0n) is 6.55. The summed E-state index contributed by atoms with van der Waals surface area (Å²) >= 11 is 6.23. The molecule has 0 heterocycles. The standard InChI is InChI=1S/C6H3Br2N3O2S/c7-4-1-2-6(5(8)3-4)14(12,13)11-10-9/h1-3H. The van der Waals surface area contributed by atoms with E-state index in [-0.39, 0.29) is 4.90 Å². The van der Waals surface area contributed by atoms with Gasteiger partial charge in [-0.15, -0.1) is 0 Å². The van der Waals surface area contributed by atoms with Crippen LogP contribution in [-0.4, -0.2) is 8.42 Å². The van der Waals surface area contributed by atoms with E-state index in [9.17, 15) is 8.42 Å². The van der Waals surface area contributed by atoms with Crippen LogP contribution in [0.4, 0.5) is 0 Å². The Balaban J connectivity index is 3.41. The summed E-state index contributed by atoms with van der Waals surface area (Å²) in [5, 5.41) is 0. The number of hydrogen-bond acceptors (Lipinski definition) is 2. The molecule has 0 fully saturated rings. The van der Waals surface area contributed by atoms with Gasteiger partial charge in [-0.3, -0.25) is 0 Å². The summed E-state index contributed by atoms with van der Waals surface area (Å²) in [5.74, 6) is 0. The number of benzene rings is 1. The van der Waals surface area contributed by atoms with Crippen LogP contribution in [0.2, 0.25) is 0 Å². The van der Waals surface area contributed by atoms with Crippen LogP contribution in [0.1, 0.15) is 0 Å². The maximum atomic E-state index is 11.3. The van der Waals surface area contributed by atoms with Crippen LogP contribution in [0, 0.1) is 0 Å². The number of azide groups is 1. The fraction of sp³-hybridized carbons (Fsp3) is 0. The van der Waals surface area contributed by atoms with Crippen molar-refractivity contribution < 1.29 is 8.42 Å². The van der Waals surface area contributed by atoms with Gasteiger partial charge in [-0.1, -0.05) is 15.9 Å². The zero-order valence-corrected chi connectivity index (χ0v) is 10.5. The fourth-order valence-electron chi connectivity index (χ4n) is 0.776. The minimum atomic E-state index is -3.92. The highest BCUT2D eigenvalue weighted by Crippen LogP contribution is 2.26. The molecular formula is C6H3Br2N3O2S. The molecule has 0 saturated carbocycles. The lowest BCUT2D eigenvalue weighted by molar-refractivity contribution is 0.597. The monoisotopic (exact) mass is 339 g/mol. The van der Waals surface area contributed by atoms with Gasteiger partial charge in [-0.25, -0.2) is 8.42 Å². The van der Waals surface area contributed by atoms with Gasteiger partial charge < -0.3 is 0 Å². The van der Waals surface area contributed by atoms with Crippen LogP contribution in [-0.2, 0) is 10.0 Å². The molecule has 1 rings (SSSR count). The Morgan fingerprint density at radius 3 is 2.50 bits per heavy atom. The molecule has 0 aliphatic heterocycles. The van der Waals surface area contributed by atoms with E-state index in [0.717, 1.165) is 4.47 Å². The fourth-order valence-corrected chi connectivity index (χ4v) is 3.17. The Morgan fingerprint density at radius 2 is 2.00 bits per heavy atom. The Bertz CT molecular complexity index is 508. The number of hydrogen-bond donors (Lipinski definition) is 0. The topological polar surface area (TPSA) is 82.9 Å². The summed E-state index contributed by atoms with van der Waals surface area (Å²) in [6.45, 7) is 0. The predicted molar refractivity (Wildman–Crippen MR) is 58.2 cm³/mol. The molecule has 0 spiro atoms. The third kappa shape index (κ3) is 2.48. The molecule has 0 amide bonds. The lowest BCUT2D eigenvalue weighted by Crippen LogP contribution is -1.96. The van der Waals surface area contributed by atoms with E-state index in [1.807, 2.05) is 0 Å². The average molecular weight is 341 g/mol. The normalized spacial score (nSPS) is 10.7. The first-order chi connectivity index (χ1) is 6.47. The summed E-state index contributed by atoms with van der Waals surface area (Å²) in [7, 11) is -3.92. The lowest BCUT2D eigenvalue weighted by Gasteiger charge is -2.00. The molecule has 14 heavy (non-hydrogen) atoms. The molecule has 0 radical (unpaired) electrons. The summed E-state index contributed by atoms with van der Waals surface area (Å²) in [6, 6.07) is 4.45. The van der Waals surface area contributed by atoms with Crippen molar-refractivity contribution in [2.75, 3.05) is 0 Å². The van der Waals surface area contributed by atoms with Gasteiger partial charge >= 0.3 is 0 Å². The summed E-state index contributed by atoms with van der Waals surface area (Å²) in [5.41, 5.74) is 8.06. The molecule has 0 N–H and O–H groups in total. The molecule has 1 aromatic rings. The number of sulfonamides is 1. The van der Waals surface area contributed by atoms with Crippen molar-refractivity contribution in [3.05, 3.63) is 37.6 Å². The number of halogens is 2. The van der Waals surface area contributed by atoms with Crippen molar-refractivity contribution in [2.24, 2.45) is 4.52 Å². The second kappa shape index (κ2) is 4.31. The second-order valence-corrected chi connectivity index (χ2v) is 5.54. The van der Waals surface area contributed by atoms with Crippen molar-refractivity contribution in [1.29, 1.82) is 0 Å². The summed E-state index contributed by atoms with van der Waals surface area (Å²) in [6.07, 6.45) is 0. The maximum Gasteiger partial charge on any atom is 0.265 e. The highest BCUT2D eigenvalue weighted by molar-refractivity contribution is 9.11. The van der Waals surface area contributed by atoms with Crippen LogP contribution >= 0.6 is 31.9 Å². The Kier molecular flexibility index (Phi) is 3.54. The van der Waals surface area contributed by atoms with E-state index < -0.39 is 10.0 Å². The quantitative estimate of drug-likeness (QED) is 0.470. The van der Waals surface area contributed by atoms with Gasteiger partial charge in [0.05, 0.1) is 4.90 Å². The van der Waals surface area contributed by atoms with Gasteiger partial charge in [0.15, 0.2) is 0 Å². The minimum absolute atomic E-state index is 0.0569. The van der Waals surface area contributed by atoms with Crippen molar-refractivity contribution in [3.8, 4) is 0 Å². The van der Waals surface area contributed by atoms with Crippen molar-refractivity contribution >= 4 is 41.9 Å². The van der Waals surface area contributed by atoms with E-state index in [0.29, 0.717) is 4.47 Å². The first kappa shape index (κ1) is 11.5. The van der Waals surface area contributed by atoms with Crippen molar-refractivity contribution in [3.63, 3.8) is 0 Å². The summed E-state index contributed by atoms with van der Waals surface area (Å²) in [4.78, 5) is 2.19. The van der Waals surface area contributed by atoms with Gasteiger partial charge in [-0.05, 0) is 39.7 Å². The maximum absolute atomic E-state index is 11.3. The highest BCUT2D eigenvalue weighted by atomic mass is 79.9. The van der Waals surface area contributed by atoms with E-state index in [1.54, 1.807) is 12.1 Å². The van der Waals surface area contributed by atoms with Crippen molar-refractivity contribution in [1.82, 2.24) is 0 Å². The average Bonchev–Trinajstić information content (AvgIpc) is 2.02. The predicted octanol–water partition coefficient (Wildman–Crippen LogP) is 3.21. The molecular weight excluding hydrogens is 338 g/mol. The van der Waals surface area contributed by atoms with Crippen LogP contribution in [0.15, 0.2) is 36.6 Å². The SMILES string of the molecule is [N-]=[N+]=NS(=O)(=O)c1ccc(Br)cc1Br. The zero-order chi connectivity index (χ0) is 10.8. The molecule has 0 unspecified atom stereocenters. The molecule has 0 aromatic heterocycles. The van der Waals surface area contributed by atoms with E-state index in [2.05, 4.69) is 41.3 Å². The lowest BCUT2D eigenvalue weighted by atomic mass is 10.4. The van der Waals surface area contributed by atoms with Crippen LogP contribution in [0.5, 0.6) is 0 Å². The van der Waals surface area contributed by atoms with E-state index in [4.69, 9.17) is 5.53 Å². The second-order valence-electron chi connectivity index (χ2n) is 2.22. The summed E-state index contributed by atoms with van der Waals surface area (Å²) < 4.78 is 26.4. The molecule has 0 aliphatic rings. The highest BCUT2D eigenvalue weighted by Gasteiger charge is 2.15. The van der Waals surface area contributed by atoms with Gasteiger partial charge in [0.25, 0.3) is 10.0 Å². The number of rotatable bonds is 2. The smallest absolute Gasteiger partial charge is 0.216 e. The Hall–Kier alpha value is -0.560. The van der Waals surface area contributed by atoms with E-state index in [1.165, 1.54) is 6.07 Å². The largest absolute Gasteiger partial charge is 0.265 e. The first-order valence-corrected chi connectivity index (χ1v) is 6.26. The van der Waals surface area contributed by atoms with Crippen LogP contribution in [0.3, 0.4) is 0 Å².